The van der Waals surface area contributed by atoms with Gasteiger partial charge in [0, 0.05) is 13.2 Å². The highest BCUT2D eigenvalue weighted by atomic mass is 16.4. The number of rotatable bonds is 3. The summed E-state index contributed by atoms with van der Waals surface area (Å²) in [7, 11) is 1.69. The number of aromatic hydroxyl groups is 1. The Morgan fingerprint density at radius 1 is 1.35 bits per heavy atom. The van der Waals surface area contributed by atoms with Gasteiger partial charge in [-0.2, -0.15) is 5.10 Å². The minimum atomic E-state index is -1.14. The molecule has 7 nitrogen and oxygen atoms in total. The summed E-state index contributed by atoms with van der Waals surface area (Å²) in [6.45, 7) is 1.68. The molecule has 3 N–H and O–H groups in total. The van der Waals surface area contributed by atoms with E-state index < -0.39 is 11.9 Å². The summed E-state index contributed by atoms with van der Waals surface area (Å²) in [6.07, 6.45) is 1.54. The van der Waals surface area contributed by atoms with Crippen molar-refractivity contribution in [2.45, 2.75) is 6.92 Å². The lowest BCUT2D eigenvalue weighted by atomic mass is 10.1. The van der Waals surface area contributed by atoms with Gasteiger partial charge in [0.25, 0.3) is 5.91 Å². The Morgan fingerprint density at radius 3 is 2.60 bits per heavy atom. The van der Waals surface area contributed by atoms with Crippen LogP contribution in [0, 0.1) is 6.92 Å². The van der Waals surface area contributed by atoms with Crippen molar-refractivity contribution in [1.82, 2.24) is 9.78 Å². The van der Waals surface area contributed by atoms with E-state index in [1.54, 1.807) is 20.2 Å². The molecule has 0 fully saturated rings. The van der Waals surface area contributed by atoms with Crippen LogP contribution in [0.5, 0.6) is 5.75 Å². The Labute approximate surface area is 114 Å². The number of hydrogen-bond donors (Lipinski definition) is 3. The first kappa shape index (κ1) is 13.6. The van der Waals surface area contributed by atoms with Crippen LogP contribution in [0.2, 0.25) is 0 Å². The molecule has 1 aromatic carbocycles. The average Bonchev–Trinajstić information content (AvgIpc) is 2.71. The molecule has 2 rings (SSSR count). The second kappa shape index (κ2) is 5.04. The first-order chi connectivity index (χ1) is 9.38. The molecule has 2 aromatic rings. The van der Waals surface area contributed by atoms with E-state index >= 15 is 0 Å². The number of phenols is 1. The standard InChI is InChI=1S/C13H13N3O4/c1-7-9(6-16(2)15-7)12(18)14-10-5-8(13(19)20)3-4-11(10)17/h3-6,17H,1-2H3,(H,14,18)(H,19,20). The molecule has 0 unspecified atom stereocenters. The van der Waals surface area contributed by atoms with Crippen molar-refractivity contribution >= 4 is 17.6 Å². The summed E-state index contributed by atoms with van der Waals surface area (Å²) < 4.78 is 1.50. The van der Waals surface area contributed by atoms with E-state index in [0.717, 1.165) is 0 Å². The summed E-state index contributed by atoms with van der Waals surface area (Å²) in [5.74, 6) is -1.81. The van der Waals surface area contributed by atoms with Crippen molar-refractivity contribution in [3.8, 4) is 5.75 Å². The molecule has 0 radical (unpaired) electrons. The molecule has 1 aromatic heterocycles. The maximum Gasteiger partial charge on any atom is 0.335 e. The molecular weight excluding hydrogens is 262 g/mol. The van der Waals surface area contributed by atoms with Crippen LogP contribution in [0.25, 0.3) is 0 Å². The summed E-state index contributed by atoms with van der Waals surface area (Å²) in [6, 6.07) is 3.67. The number of aromatic nitrogens is 2. The molecule has 0 bridgehead atoms. The molecule has 0 atom stereocenters. The monoisotopic (exact) mass is 275 g/mol. The molecule has 0 aliphatic heterocycles. The van der Waals surface area contributed by atoms with Crippen molar-refractivity contribution in [1.29, 1.82) is 0 Å². The Bertz CT molecular complexity index is 691. The van der Waals surface area contributed by atoms with Gasteiger partial charge in [-0.25, -0.2) is 4.79 Å². The first-order valence-corrected chi connectivity index (χ1v) is 5.76. The largest absolute Gasteiger partial charge is 0.506 e. The fourth-order valence-electron chi connectivity index (χ4n) is 1.78. The Morgan fingerprint density at radius 2 is 2.05 bits per heavy atom. The number of aryl methyl sites for hydroxylation is 2. The summed E-state index contributed by atoms with van der Waals surface area (Å²) >= 11 is 0. The summed E-state index contributed by atoms with van der Waals surface area (Å²) in [5, 5.41) is 25.1. The van der Waals surface area contributed by atoms with Gasteiger partial charge in [0.05, 0.1) is 22.5 Å². The minimum Gasteiger partial charge on any atom is -0.506 e. The van der Waals surface area contributed by atoms with E-state index in [-0.39, 0.29) is 17.0 Å². The van der Waals surface area contributed by atoms with Gasteiger partial charge in [-0.15, -0.1) is 0 Å². The molecule has 104 valence electrons. The quantitative estimate of drug-likeness (QED) is 0.734. The molecular formula is C13H13N3O4. The van der Waals surface area contributed by atoms with Crippen LogP contribution in [0.3, 0.4) is 0 Å². The second-order valence-corrected chi connectivity index (χ2v) is 4.29. The fraction of sp³-hybridized carbons (Fsp3) is 0.154. The number of nitrogens with zero attached hydrogens (tertiary/aromatic N) is 2. The number of carbonyl (C=O) groups is 2. The van der Waals surface area contributed by atoms with Crippen LogP contribution in [0.15, 0.2) is 24.4 Å². The highest BCUT2D eigenvalue weighted by Crippen LogP contribution is 2.25. The van der Waals surface area contributed by atoms with Crippen molar-refractivity contribution in [2.75, 3.05) is 5.32 Å². The topological polar surface area (TPSA) is 104 Å². The van der Waals surface area contributed by atoms with E-state index in [4.69, 9.17) is 5.11 Å². The molecule has 20 heavy (non-hydrogen) atoms. The lowest BCUT2D eigenvalue weighted by molar-refractivity contribution is 0.0696. The van der Waals surface area contributed by atoms with Crippen molar-refractivity contribution in [3.63, 3.8) is 0 Å². The highest BCUT2D eigenvalue weighted by molar-refractivity contribution is 6.06. The Kier molecular flexibility index (Phi) is 3.43. The fourth-order valence-corrected chi connectivity index (χ4v) is 1.78. The average molecular weight is 275 g/mol. The van der Waals surface area contributed by atoms with Crippen LogP contribution < -0.4 is 5.32 Å². The van der Waals surface area contributed by atoms with Gasteiger partial charge >= 0.3 is 5.97 Å². The Balaban J connectivity index is 2.30. The lowest BCUT2D eigenvalue weighted by Gasteiger charge is -2.07. The van der Waals surface area contributed by atoms with Gasteiger partial charge in [0.1, 0.15) is 5.75 Å². The van der Waals surface area contributed by atoms with Gasteiger partial charge in [0.15, 0.2) is 0 Å². The van der Waals surface area contributed by atoms with Gasteiger partial charge in [-0.3, -0.25) is 9.48 Å². The number of phenolic OH excluding ortho intramolecular Hbond substituents is 1. The van der Waals surface area contributed by atoms with E-state index in [0.29, 0.717) is 11.3 Å². The van der Waals surface area contributed by atoms with E-state index in [9.17, 15) is 14.7 Å². The van der Waals surface area contributed by atoms with Crippen molar-refractivity contribution < 1.29 is 19.8 Å². The smallest absolute Gasteiger partial charge is 0.335 e. The molecule has 0 saturated heterocycles. The zero-order valence-corrected chi connectivity index (χ0v) is 10.9. The van der Waals surface area contributed by atoms with Crippen LogP contribution >= 0.6 is 0 Å². The molecule has 1 heterocycles. The minimum absolute atomic E-state index is 0.0268. The van der Waals surface area contributed by atoms with Crippen LogP contribution in [0.1, 0.15) is 26.4 Å². The zero-order valence-electron chi connectivity index (χ0n) is 10.9. The van der Waals surface area contributed by atoms with Crippen LogP contribution in [-0.4, -0.2) is 31.9 Å². The maximum atomic E-state index is 12.1. The third-order valence-electron chi connectivity index (χ3n) is 2.75. The Hall–Kier alpha value is -2.83. The van der Waals surface area contributed by atoms with Crippen LogP contribution in [0.4, 0.5) is 5.69 Å². The SMILES string of the molecule is Cc1nn(C)cc1C(=O)Nc1cc(C(=O)O)ccc1O. The number of benzene rings is 1. The molecule has 0 spiro atoms. The summed E-state index contributed by atoms with van der Waals surface area (Å²) in [5.41, 5.74) is 0.908. The van der Waals surface area contributed by atoms with Gasteiger partial charge in [-0.1, -0.05) is 0 Å². The van der Waals surface area contributed by atoms with Crippen molar-refractivity contribution in [2.24, 2.45) is 7.05 Å². The third kappa shape index (κ3) is 2.61. The number of carboxylic acid groups (broad SMARTS) is 1. The number of anilines is 1. The number of amides is 1. The number of carboxylic acids is 1. The molecule has 0 aliphatic carbocycles. The molecule has 0 aliphatic rings. The number of hydrogen-bond acceptors (Lipinski definition) is 4. The second-order valence-electron chi connectivity index (χ2n) is 4.29. The highest BCUT2D eigenvalue weighted by Gasteiger charge is 2.15. The third-order valence-corrected chi connectivity index (χ3v) is 2.75. The number of nitrogens with one attached hydrogen (secondary N) is 1. The van der Waals surface area contributed by atoms with Gasteiger partial charge in [-0.05, 0) is 25.1 Å². The normalized spacial score (nSPS) is 10.3. The molecule has 0 saturated carbocycles. The zero-order chi connectivity index (χ0) is 14.9. The number of aromatic carboxylic acids is 1. The number of carbonyl (C=O) groups excluding carboxylic acids is 1. The summed E-state index contributed by atoms with van der Waals surface area (Å²) in [4.78, 5) is 22.9. The van der Waals surface area contributed by atoms with E-state index in [1.807, 2.05) is 0 Å². The van der Waals surface area contributed by atoms with Gasteiger partial charge < -0.3 is 15.5 Å². The van der Waals surface area contributed by atoms with Gasteiger partial charge in [0.2, 0.25) is 0 Å². The predicted octanol–water partition coefficient (Wildman–Crippen LogP) is 1.38. The van der Waals surface area contributed by atoms with E-state index in [1.165, 1.54) is 22.9 Å². The maximum absolute atomic E-state index is 12.1. The lowest BCUT2D eigenvalue weighted by Crippen LogP contribution is -2.13. The molecule has 1 amide bonds. The molecule has 7 heteroatoms. The van der Waals surface area contributed by atoms with E-state index in [2.05, 4.69) is 10.4 Å². The van der Waals surface area contributed by atoms with Crippen LogP contribution in [-0.2, 0) is 7.05 Å². The predicted molar refractivity (Wildman–Crippen MR) is 71.0 cm³/mol. The first-order valence-electron chi connectivity index (χ1n) is 5.76. The van der Waals surface area contributed by atoms with Crippen molar-refractivity contribution in [3.05, 3.63) is 41.2 Å².